The van der Waals surface area contributed by atoms with Crippen molar-refractivity contribution in [2.75, 3.05) is 13.2 Å². The van der Waals surface area contributed by atoms with Crippen molar-refractivity contribution in [2.24, 2.45) is 0 Å². The molecule has 17 heavy (non-hydrogen) atoms. The molecule has 0 saturated heterocycles. The average Bonchev–Trinajstić information content (AvgIpc) is 2.31. The van der Waals surface area contributed by atoms with Crippen LogP contribution in [0.4, 0.5) is 0 Å². The van der Waals surface area contributed by atoms with E-state index in [4.69, 9.17) is 9.05 Å². The monoisotopic (exact) mass is 256 g/mol. The summed E-state index contributed by atoms with van der Waals surface area (Å²) in [5.41, 5.74) is 0.310. The molecule has 0 heterocycles. The van der Waals surface area contributed by atoms with Gasteiger partial charge < -0.3 is 9.05 Å². The molecule has 0 aliphatic heterocycles. The first kappa shape index (κ1) is 14.1. The quantitative estimate of drug-likeness (QED) is 0.703. The van der Waals surface area contributed by atoms with Gasteiger partial charge >= 0.3 is 7.60 Å². The fraction of sp³-hybridized carbons (Fsp3) is 0.417. The predicted molar refractivity (Wildman–Crippen MR) is 66.0 cm³/mol. The number of carbonyl (C=O) groups excluding carboxylic acids is 1. The molecule has 1 aromatic carbocycles. The smallest absolute Gasteiger partial charge is 0.303 e. The first-order valence-corrected chi connectivity index (χ1v) is 7.13. The van der Waals surface area contributed by atoms with Crippen molar-refractivity contribution < 1.29 is 18.4 Å². The molecule has 1 aromatic rings. The highest BCUT2D eigenvalue weighted by Crippen LogP contribution is 2.49. The minimum atomic E-state index is -3.61. The number of rotatable bonds is 7. The second kappa shape index (κ2) is 6.70. The molecule has 0 amide bonds. The average molecular weight is 256 g/mol. The maximum Gasteiger partial charge on any atom is 0.397 e. The summed E-state index contributed by atoms with van der Waals surface area (Å²) >= 11 is 0. The van der Waals surface area contributed by atoms with Crippen molar-refractivity contribution in [1.82, 2.24) is 0 Å². The summed E-state index contributed by atoms with van der Waals surface area (Å²) in [6.45, 7) is 3.75. The fourth-order valence-corrected chi connectivity index (χ4v) is 2.81. The van der Waals surface area contributed by atoms with E-state index in [0.29, 0.717) is 0 Å². The van der Waals surface area contributed by atoms with Crippen LogP contribution < -0.4 is 0 Å². The van der Waals surface area contributed by atoms with Crippen LogP contribution in [0, 0.1) is 0 Å². The van der Waals surface area contributed by atoms with Gasteiger partial charge in [0.1, 0.15) is 0 Å². The van der Waals surface area contributed by atoms with Crippen molar-refractivity contribution in [3.8, 4) is 0 Å². The molecule has 0 aliphatic carbocycles. The second-order valence-electron chi connectivity index (χ2n) is 3.39. The highest BCUT2D eigenvalue weighted by molar-refractivity contribution is 7.71. The Morgan fingerprint density at radius 2 is 1.65 bits per heavy atom. The second-order valence-corrected chi connectivity index (χ2v) is 5.40. The van der Waals surface area contributed by atoms with Crippen LogP contribution in [0.15, 0.2) is 30.3 Å². The van der Waals surface area contributed by atoms with Gasteiger partial charge in [0.25, 0.3) is 0 Å². The Bertz CT molecular complexity index is 392. The van der Waals surface area contributed by atoms with Gasteiger partial charge in [-0.3, -0.25) is 9.36 Å². The predicted octanol–water partition coefficient (Wildman–Crippen LogP) is 3.02. The Labute approximate surface area is 101 Å². The van der Waals surface area contributed by atoms with Gasteiger partial charge in [-0.15, -0.1) is 0 Å². The summed E-state index contributed by atoms with van der Waals surface area (Å²) in [5.74, 6) is 0. The Hall–Kier alpha value is -0.960. The summed E-state index contributed by atoms with van der Waals surface area (Å²) in [4.78, 5) is 11.9. The lowest BCUT2D eigenvalue weighted by Crippen LogP contribution is -2.09. The molecule has 5 heteroatoms. The lowest BCUT2D eigenvalue weighted by molar-refractivity contribution is -0.113. The van der Waals surface area contributed by atoms with Crippen LogP contribution in [0.3, 0.4) is 0 Å². The van der Waals surface area contributed by atoms with Crippen LogP contribution in [0.1, 0.15) is 19.4 Å². The molecule has 0 radical (unpaired) electrons. The van der Waals surface area contributed by atoms with Crippen molar-refractivity contribution >= 4 is 13.1 Å². The van der Waals surface area contributed by atoms with Gasteiger partial charge in [0.15, 0.2) is 0 Å². The molecule has 0 aromatic heterocycles. The Kier molecular flexibility index (Phi) is 5.56. The molecule has 0 unspecified atom stereocenters. The third-order valence-electron chi connectivity index (χ3n) is 2.10. The SMILES string of the molecule is CCOP(=O)(OCC)C(=O)Cc1ccccc1. The van der Waals surface area contributed by atoms with E-state index < -0.39 is 13.1 Å². The molecule has 0 spiro atoms. The highest BCUT2D eigenvalue weighted by atomic mass is 31.2. The summed E-state index contributed by atoms with van der Waals surface area (Å²) in [7, 11) is -3.61. The summed E-state index contributed by atoms with van der Waals surface area (Å²) in [5, 5.41) is 0. The van der Waals surface area contributed by atoms with Crippen LogP contribution in [-0.2, 0) is 24.8 Å². The van der Waals surface area contributed by atoms with Crippen LogP contribution in [-0.4, -0.2) is 18.7 Å². The first-order chi connectivity index (χ1) is 8.12. The van der Waals surface area contributed by atoms with Crippen molar-refractivity contribution in [2.45, 2.75) is 20.3 Å². The van der Waals surface area contributed by atoms with E-state index in [9.17, 15) is 9.36 Å². The Morgan fingerprint density at radius 3 is 2.12 bits per heavy atom. The number of benzene rings is 1. The first-order valence-electron chi connectivity index (χ1n) is 5.58. The van der Waals surface area contributed by atoms with Crippen molar-refractivity contribution in [3.05, 3.63) is 35.9 Å². The van der Waals surface area contributed by atoms with E-state index in [0.717, 1.165) is 5.56 Å². The molecule has 0 fully saturated rings. The number of hydrogen-bond donors (Lipinski definition) is 0. The number of carbonyl (C=O) groups is 1. The molecule has 0 N–H and O–H groups in total. The molecule has 4 nitrogen and oxygen atoms in total. The molecule has 0 aliphatic rings. The van der Waals surface area contributed by atoms with E-state index in [-0.39, 0.29) is 19.6 Å². The van der Waals surface area contributed by atoms with E-state index in [1.165, 1.54) is 0 Å². The van der Waals surface area contributed by atoms with Gasteiger partial charge in [0, 0.05) is 6.42 Å². The standard InChI is InChI=1S/C12H17O4P/c1-3-15-17(14,16-4-2)12(13)10-11-8-6-5-7-9-11/h5-9H,3-4,10H2,1-2H3. The third-order valence-corrected chi connectivity index (χ3v) is 4.07. The van der Waals surface area contributed by atoms with Crippen LogP contribution in [0.25, 0.3) is 0 Å². The molecule has 94 valence electrons. The Balaban J connectivity index is 2.76. The molecular formula is C12H17O4P. The lowest BCUT2D eigenvalue weighted by atomic mass is 10.2. The Morgan fingerprint density at radius 1 is 1.12 bits per heavy atom. The minimum Gasteiger partial charge on any atom is -0.303 e. The van der Waals surface area contributed by atoms with Crippen LogP contribution in [0.5, 0.6) is 0 Å². The van der Waals surface area contributed by atoms with E-state index in [1.807, 2.05) is 18.2 Å². The maximum absolute atomic E-state index is 12.1. The van der Waals surface area contributed by atoms with Gasteiger partial charge in [-0.1, -0.05) is 30.3 Å². The van der Waals surface area contributed by atoms with Gasteiger partial charge in [-0.2, -0.15) is 0 Å². The molecule has 0 saturated carbocycles. The van der Waals surface area contributed by atoms with E-state index in [1.54, 1.807) is 26.0 Å². The van der Waals surface area contributed by atoms with Gasteiger partial charge in [0.2, 0.25) is 5.52 Å². The fourth-order valence-electron chi connectivity index (χ4n) is 1.39. The zero-order chi connectivity index (χ0) is 12.7. The molecule has 0 bridgehead atoms. The van der Waals surface area contributed by atoms with E-state index >= 15 is 0 Å². The molecule has 0 atom stereocenters. The van der Waals surface area contributed by atoms with Gasteiger partial charge in [-0.25, -0.2) is 0 Å². The van der Waals surface area contributed by atoms with E-state index in [2.05, 4.69) is 0 Å². The largest absolute Gasteiger partial charge is 0.397 e. The third kappa shape index (κ3) is 4.08. The van der Waals surface area contributed by atoms with Gasteiger partial charge in [-0.05, 0) is 19.4 Å². The maximum atomic E-state index is 12.1. The zero-order valence-electron chi connectivity index (χ0n) is 10.1. The summed E-state index contributed by atoms with van der Waals surface area (Å²) < 4.78 is 22.1. The highest BCUT2D eigenvalue weighted by Gasteiger charge is 2.33. The normalized spacial score (nSPS) is 11.4. The van der Waals surface area contributed by atoms with Gasteiger partial charge in [0.05, 0.1) is 13.2 Å². The summed E-state index contributed by atoms with van der Waals surface area (Å²) in [6, 6.07) is 9.13. The minimum absolute atomic E-state index is 0.0676. The van der Waals surface area contributed by atoms with Crippen molar-refractivity contribution in [3.63, 3.8) is 0 Å². The number of hydrogen-bond acceptors (Lipinski definition) is 4. The topological polar surface area (TPSA) is 52.6 Å². The molecule has 1 rings (SSSR count). The molecular weight excluding hydrogens is 239 g/mol. The van der Waals surface area contributed by atoms with Crippen LogP contribution in [0.2, 0.25) is 0 Å². The zero-order valence-corrected chi connectivity index (χ0v) is 11.0. The summed E-state index contributed by atoms with van der Waals surface area (Å²) in [6.07, 6.45) is 0.0676. The van der Waals surface area contributed by atoms with Crippen LogP contribution >= 0.6 is 7.60 Å². The lowest BCUT2D eigenvalue weighted by Gasteiger charge is -2.15. The van der Waals surface area contributed by atoms with Crippen molar-refractivity contribution in [1.29, 1.82) is 0 Å².